The summed E-state index contributed by atoms with van der Waals surface area (Å²) >= 11 is 0. The van der Waals surface area contributed by atoms with Gasteiger partial charge in [0.15, 0.2) is 0 Å². The van der Waals surface area contributed by atoms with Gasteiger partial charge in [-0.1, -0.05) is 62.8 Å². The van der Waals surface area contributed by atoms with Gasteiger partial charge in [-0.05, 0) is 43.7 Å². The second kappa shape index (κ2) is 10.8. The van der Waals surface area contributed by atoms with E-state index in [2.05, 4.69) is 46.4 Å². The highest BCUT2D eigenvalue weighted by Crippen LogP contribution is 2.21. The van der Waals surface area contributed by atoms with Crippen LogP contribution >= 0.6 is 0 Å². The number of rotatable bonds is 2. The van der Waals surface area contributed by atoms with Crippen molar-refractivity contribution in [3.05, 3.63) is 22.1 Å². The third-order valence-electron chi connectivity index (χ3n) is 3.67. The molecule has 0 bridgehead atoms. The van der Waals surface area contributed by atoms with E-state index in [-0.39, 0.29) is 20.3 Å². The lowest BCUT2D eigenvalue weighted by Gasteiger charge is -2.32. The van der Waals surface area contributed by atoms with Gasteiger partial charge in [0.1, 0.15) is 11.5 Å². The average molecular weight is 358 g/mol. The van der Waals surface area contributed by atoms with Gasteiger partial charge in [-0.25, -0.2) is 4.79 Å². The Balaban J connectivity index is 0. The normalized spacial score (nSPS) is 15.5. The Morgan fingerprint density at radius 1 is 0.880 bits per heavy atom. The Hall–Kier alpha value is -1.03. The first-order valence-electron chi connectivity index (χ1n) is 8.78. The first-order valence-corrected chi connectivity index (χ1v) is 8.78. The smallest absolute Gasteiger partial charge is 0.396 e. The summed E-state index contributed by atoms with van der Waals surface area (Å²) in [6.45, 7) is 18.9. The zero-order chi connectivity index (χ0) is 17.7. The number of nitrogens with zero attached hydrogens (tertiary/aromatic N) is 1. The van der Waals surface area contributed by atoms with Crippen molar-refractivity contribution in [3.63, 3.8) is 0 Å². The lowest BCUT2D eigenvalue weighted by Crippen LogP contribution is -2.36. The fraction of sp³-hybridized carbons (Fsp3) is 0.857. The first kappa shape index (κ1) is 26.2. The molecule has 0 amide bonds. The molecule has 0 spiro atoms. The van der Waals surface area contributed by atoms with Gasteiger partial charge >= 0.3 is 5.82 Å². The highest BCUT2D eigenvalue weighted by Gasteiger charge is 2.18. The predicted molar refractivity (Wildman–Crippen MR) is 108 cm³/mol. The number of piperidine rings is 1. The number of aryl methyl sites for hydroxylation is 1. The van der Waals surface area contributed by atoms with Gasteiger partial charge in [0.25, 0.3) is 0 Å². The molecule has 0 aromatic carbocycles. The van der Waals surface area contributed by atoms with Gasteiger partial charge < -0.3 is 13.7 Å². The molecule has 1 aromatic heterocycles. The Morgan fingerprint density at radius 2 is 1.40 bits per heavy atom. The Kier molecular flexibility index (Phi) is 11.4. The van der Waals surface area contributed by atoms with Crippen LogP contribution in [0.4, 0.5) is 0 Å². The summed E-state index contributed by atoms with van der Waals surface area (Å²) < 4.78 is 9.61. The monoisotopic (exact) mass is 357 g/mol. The Bertz CT molecular complexity index is 508. The van der Waals surface area contributed by atoms with E-state index in [9.17, 15) is 4.79 Å². The zero-order valence-electron chi connectivity index (χ0n) is 16.1. The molecule has 0 radical (unpaired) electrons. The molecule has 1 aliphatic heterocycles. The predicted octanol–water partition coefficient (Wildman–Crippen LogP) is 5.92. The second-order valence-electron chi connectivity index (χ2n) is 9.07. The molecule has 0 aliphatic carbocycles. The molecule has 1 aromatic rings. The fourth-order valence-electron chi connectivity index (χ4n) is 2.81. The van der Waals surface area contributed by atoms with Crippen molar-refractivity contribution < 1.29 is 8.83 Å². The van der Waals surface area contributed by atoms with Crippen molar-refractivity contribution in [2.45, 2.75) is 89.0 Å². The van der Waals surface area contributed by atoms with E-state index in [1.165, 1.54) is 38.9 Å². The van der Waals surface area contributed by atoms with Crippen LogP contribution in [0.5, 0.6) is 0 Å². The van der Waals surface area contributed by atoms with E-state index in [0.29, 0.717) is 16.9 Å². The zero-order valence-corrected chi connectivity index (χ0v) is 16.1. The minimum atomic E-state index is -0.605. The average Bonchev–Trinajstić information content (AvgIpc) is 2.65. The van der Waals surface area contributed by atoms with Gasteiger partial charge in [-0.2, -0.15) is 0 Å². The largest absolute Gasteiger partial charge is 0.519 e. The summed E-state index contributed by atoms with van der Waals surface area (Å²) in [5.74, 6) is 0.647. The molecule has 2 rings (SSSR count). The maximum absolute atomic E-state index is 10.7. The van der Waals surface area contributed by atoms with Crippen LogP contribution in [-0.2, 0) is 6.42 Å². The lowest BCUT2D eigenvalue weighted by molar-refractivity contribution is 0.164. The number of likely N-dealkylation sites (tertiary alicyclic amines) is 1. The molecule has 0 unspecified atom stereocenters. The van der Waals surface area contributed by atoms with Gasteiger partial charge in [0.2, 0.25) is 0 Å². The highest BCUT2D eigenvalue weighted by molar-refractivity contribution is 5.02. The van der Waals surface area contributed by atoms with Gasteiger partial charge in [-0.15, -0.1) is 0 Å². The minimum absolute atomic E-state index is 0. The molecular formula is C21H43NO3. The topological polar surface area (TPSA) is 46.6 Å². The third-order valence-corrected chi connectivity index (χ3v) is 3.67. The van der Waals surface area contributed by atoms with Crippen molar-refractivity contribution in [3.8, 4) is 0 Å². The Labute approximate surface area is 156 Å². The maximum atomic E-state index is 10.7. The van der Waals surface area contributed by atoms with E-state index in [1.807, 2.05) is 0 Å². The maximum Gasteiger partial charge on any atom is 0.519 e. The fourth-order valence-corrected chi connectivity index (χ4v) is 2.81. The van der Waals surface area contributed by atoms with Crippen LogP contribution in [0.2, 0.25) is 0 Å². The Morgan fingerprint density at radius 3 is 1.76 bits per heavy atom. The molecular weight excluding hydrogens is 314 g/mol. The summed E-state index contributed by atoms with van der Waals surface area (Å²) in [5.41, 5.74) is 0.599. The molecule has 0 N–H and O–H groups in total. The summed E-state index contributed by atoms with van der Waals surface area (Å²) in [6, 6.07) is 0. The summed E-state index contributed by atoms with van der Waals surface area (Å²) in [5, 5.41) is 0. The van der Waals surface area contributed by atoms with E-state index in [0.717, 1.165) is 6.42 Å². The van der Waals surface area contributed by atoms with Crippen LogP contribution in [0.25, 0.3) is 0 Å². The quantitative estimate of drug-likeness (QED) is 0.659. The summed E-state index contributed by atoms with van der Waals surface area (Å²) in [6.07, 6.45) is 5.00. The molecule has 2 heterocycles. The first-order chi connectivity index (χ1) is 10.5. The highest BCUT2D eigenvalue weighted by atomic mass is 16.6. The van der Waals surface area contributed by atoms with Crippen molar-refractivity contribution in [1.82, 2.24) is 4.90 Å². The summed E-state index contributed by atoms with van der Waals surface area (Å²) in [7, 11) is 0. The van der Waals surface area contributed by atoms with E-state index in [1.54, 1.807) is 6.92 Å². The SMILES string of the molecule is C.C.CC(C)(C)CN1CCCCC1.Cc1oc(=O)oc1CC(C)(C)C. The van der Waals surface area contributed by atoms with Crippen LogP contribution in [0.3, 0.4) is 0 Å². The molecule has 25 heavy (non-hydrogen) atoms. The van der Waals surface area contributed by atoms with E-state index in [4.69, 9.17) is 8.83 Å². The molecule has 0 atom stereocenters. The van der Waals surface area contributed by atoms with Gasteiger partial charge in [0.05, 0.1) is 0 Å². The standard InChI is InChI=1S/C10H21N.C9H14O3.2CH4/c1-10(2,3)9-11-7-5-4-6-8-11;1-6-7(5-9(2,3)4)12-8(10)11-6;;/h4-9H2,1-3H3;5H2,1-4H3;2*1H4. The van der Waals surface area contributed by atoms with Crippen LogP contribution in [0, 0.1) is 17.8 Å². The van der Waals surface area contributed by atoms with E-state index >= 15 is 0 Å². The van der Waals surface area contributed by atoms with E-state index < -0.39 is 5.82 Å². The van der Waals surface area contributed by atoms with Crippen molar-refractivity contribution >= 4 is 0 Å². The number of hydrogen-bond acceptors (Lipinski definition) is 4. The van der Waals surface area contributed by atoms with Crippen molar-refractivity contribution in [2.75, 3.05) is 19.6 Å². The molecule has 1 fully saturated rings. The molecule has 1 aliphatic rings. The molecule has 4 heteroatoms. The van der Waals surface area contributed by atoms with Crippen LogP contribution in [0.1, 0.15) is 87.2 Å². The molecule has 4 nitrogen and oxygen atoms in total. The summed E-state index contributed by atoms with van der Waals surface area (Å²) in [4.78, 5) is 13.3. The van der Waals surface area contributed by atoms with Gasteiger partial charge in [0, 0.05) is 13.0 Å². The molecule has 150 valence electrons. The lowest BCUT2D eigenvalue weighted by atomic mass is 9.91. The van der Waals surface area contributed by atoms with Crippen molar-refractivity contribution in [1.29, 1.82) is 0 Å². The van der Waals surface area contributed by atoms with Gasteiger partial charge in [-0.3, -0.25) is 0 Å². The molecule has 0 saturated carbocycles. The minimum Gasteiger partial charge on any atom is -0.396 e. The van der Waals surface area contributed by atoms with Crippen LogP contribution in [0.15, 0.2) is 13.6 Å². The van der Waals surface area contributed by atoms with Crippen molar-refractivity contribution in [2.24, 2.45) is 10.8 Å². The van der Waals surface area contributed by atoms with Crippen LogP contribution in [-0.4, -0.2) is 24.5 Å². The molecule has 1 saturated heterocycles. The third kappa shape index (κ3) is 12.0. The second-order valence-corrected chi connectivity index (χ2v) is 9.07. The number of hydrogen-bond donors (Lipinski definition) is 0. The van der Waals surface area contributed by atoms with Crippen LogP contribution < -0.4 is 5.82 Å².